The lowest BCUT2D eigenvalue weighted by Gasteiger charge is -2.19. The molecule has 2 aliphatic carbocycles. The SMILES string of the molecule is CC(C)(C)OC(=O)/C=C1/CCCC2CC12. The van der Waals surface area contributed by atoms with Gasteiger partial charge in [0.2, 0.25) is 0 Å². The van der Waals surface area contributed by atoms with Crippen molar-refractivity contribution in [1.29, 1.82) is 0 Å². The second-order valence-corrected chi connectivity index (χ2v) is 5.75. The van der Waals surface area contributed by atoms with Gasteiger partial charge < -0.3 is 4.74 Å². The van der Waals surface area contributed by atoms with Crippen LogP contribution in [0.5, 0.6) is 0 Å². The van der Waals surface area contributed by atoms with E-state index in [1.807, 2.05) is 20.8 Å². The first-order valence-corrected chi connectivity index (χ1v) is 5.89. The van der Waals surface area contributed by atoms with Crippen molar-refractivity contribution in [1.82, 2.24) is 0 Å². The molecule has 0 aliphatic heterocycles. The fraction of sp³-hybridized carbons (Fsp3) is 0.769. The number of hydrogen-bond donors (Lipinski definition) is 0. The van der Waals surface area contributed by atoms with Crippen molar-refractivity contribution in [3.8, 4) is 0 Å². The van der Waals surface area contributed by atoms with Gasteiger partial charge in [0.1, 0.15) is 5.60 Å². The predicted molar refractivity (Wildman–Crippen MR) is 59.4 cm³/mol. The molecule has 0 N–H and O–H groups in total. The first kappa shape index (κ1) is 10.7. The van der Waals surface area contributed by atoms with Crippen LogP contribution in [0, 0.1) is 11.8 Å². The molecule has 0 bridgehead atoms. The Bertz CT molecular complexity index is 296. The number of carbonyl (C=O) groups is 1. The van der Waals surface area contributed by atoms with E-state index in [0.29, 0.717) is 5.92 Å². The van der Waals surface area contributed by atoms with Gasteiger partial charge in [-0.3, -0.25) is 0 Å². The second-order valence-electron chi connectivity index (χ2n) is 5.75. The molecule has 2 fully saturated rings. The average Bonchev–Trinajstić information content (AvgIpc) is 2.79. The van der Waals surface area contributed by atoms with Gasteiger partial charge in [0.05, 0.1) is 0 Å². The van der Waals surface area contributed by atoms with Gasteiger partial charge >= 0.3 is 5.97 Å². The lowest BCUT2D eigenvalue weighted by Crippen LogP contribution is -2.23. The van der Waals surface area contributed by atoms with E-state index in [1.54, 1.807) is 6.08 Å². The summed E-state index contributed by atoms with van der Waals surface area (Å²) < 4.78 is 5.29. The largest absolute Gasteiger partial charge is 0.457 e. The van der Waals surface area contributed by atoms with Crippen molar-refractivity contribution in [2.45, 2.75) is 52.1 Å². The summed E-state index contributed by atoms with van der Waals surface area (Å²) in [5.74, 6) is 1.43. The van der Waals surface area contributed by atoms with Crippen molar-refractivity contribution < 1.29 is 9.53 Å². The maximum absolute atomic E-state index is 11.6. The topological polar surface area (TPSA) is 26.3 Å². The Morgan fingerprint density at radius 1 is 1.47 bits per heavy atom. The molecule has 2 atom stereocenters. The monoisotopic (exact) mass is 208 g/mol. The molecule has 0 heterocycles. The third-order valence-electron chi connectivity index (χ3n) is 3.15. The molecule has 84 valence electrons. The number of ether oxygens (including phenoxy) is 1. The minimum absolute atomic E-state index is 0.162. The first-order chi connectivity index (χ1) is 6.96. The molecule has 2 heteroatoms. The lowest BCUT2D eigenvalue weighted by atomic mass is 9.95. The van der Waals surface area contributed by atoms with Gasteiger partial charge in [-0.1, -0.05) is 5.57 Å². The van der Waals surface area contributed by atoms with Crippen LogP contribution in [0.2, 0.25) is 0 Å². The van der Waals surface area contributed by atoms with Crippen LogP contribution in [0.25, 0.3) is 0 Å². The van der Waals surface area contributed by atoms with Crippen LogP contribution < -0.4 is 0 Å². The molecule has 0 aromatic heterocycles. The zero-order valence-electron chi connectivity index (χ0n) is 9.88. The molecule has 0 amide bonds. The molecule has 0 radical (unpaired) electrons. The number of allylic oxidation sites excluding steroid dienone is 1. The summed E-state index contributed by atoms with van der Waals surface area (Å²) in [6, 6.07) is 0. The Kier molecular flexibility index (Phi) is 2.61. The fourth-order valence-corrected chi connectivity index (χ4v) is 2.44. The Morgan fingerprint density at radius 3 is 2.87 bits per heavy atom. The van der Waals surface area contributed by atoms with Crippen LogP contribution in [0.1, 0.15) is 46.5 Å². The van der Waals surface area contributed by atoms with Crippen LogP contribution in [-0.2, 0) is 9.53 Å². The number of fused-ring (bicyclic) bond motifs is 1. The van der Waals surface area contributed by atoms with Crippen LogP contribution in [0.15, 0.2) is 11.6 Å². The van der Waals surface area contributed by atoms with Gasteiger partial charge in [-0.25, -0.2) is 4.79 Å². The van der Waals surface area contributed by atoms with Crippen molar-refractivity contribution in [2.75, 3.05) is 0 Å². The third-order valence-corrected chi connectivity index (χ3v) is 3.15. The van der Waals surface area contributed by atoms with Gasteiger partial charge in [0.25, 0.3) is 0 Å². The molecule has 2 unspecified atom stereocenters. The first-order valence-electron chi connectivity index (χ1n) is 5.89. The van der Waals surface area contributed by atoms with Gasteiger partial charge in [0.15, 0.2) is 0 Å². The quantitative estimate of drug-likeness (QED) is 0.489. The van der Waals surface area contributed by atoms with E-state index in [-0.39, 0.29) is 11.6 Å². The zero-order valence-corrected chi connectivity index (χ0v) is 9.88. The Morgan fingerprint density at radius 2 is 2.20 bits per heavy atom. The highest BCUT2D eigenvalue weighted by Gasteiger charge is 2.42. The minimum Gasteiger partial charge on any atom is -0.457 e. The highest BCUT2D eigenvalue weighted by atomic mass is 16.6. The standard InChI is InChI=1S/C13H20O2/c1-13(2,3)15-12(14)8-10-6-4-5-9-7-11(9)10/h8-9,11H,4-7H2,1-3H3/b10-8-. The van der Waals surface area contributed by atoms with Crippen LogP contribution in [0.3, 0.4) is 0 Å². The van der Waals surface area contributed by atoms with E-state index in [9.17, 15) is 4.79 Å². The molecule has 2 rings (SSSR count). The highest BCUT2D eigenvalue weighted by Crippen LogP contribution is 2.52. The van der Waals surface area contributed by atoms with Crippen LogP contribution in [0.4, 0.5) is 0 Å². The predicted octanol–water partition coefficient (Wildman–Crippen LogP) is 3.07. The molecule has 0 aromatic rings. The van der Waals surface area contributed by atoms with E-state index in [0.717, 1.165) is 12.3 Å². The molecule has 0 spiro atoms. The Labute approximate surface area is 91.7 Å². The summed E-state index contributed by atoms with van der Waals surface area (Å²) in [5, 5.41) is 0. The zero-order chi connectivity index (χ0) is 11.1. The molecule has 15 heavy (non-hydrogen) atoms. The summed E-state index contributed by atoms with van der Waals surface area (Å²) in [6.07, 6.45) is 6.75. The van der Waals surface area contributed by atoms with E-state index < -0.39 is 0 Å². The Hall–Kier alpha value is -0.790. The number of esters is 1. The van der Waals surface area contributed by atoms with E-state index >= 15 is 0 Å². The Balaban J connectivity index is 1.94. The maximum atomic E-state index is 11.6. The fourth-order valence-electron chi connectivity index (χ4n) is 2.44. The van der Waals surface area contributed by atoms with Crippen molar-refractivity contribution in [3.05, 3.63) is 11.6 Å². The summed E-state index contributed by atoms with van der Waals surface area (Å²) in [4.78, 5) is 11.6. The molecular formula is C13H20O2. The molecular weight excluding hydrogens is 188 g/mol. The van der Waals surface area contributed by atoms with Crippen LogP contribution >= 0.6 is 0 Å². The molecule has 2 nitrogen and oxygen atoms in total. The van der Waals surface area contributed by atoms with Gasteiger partial charge in [-0.15, -0.1) is 0 Å². The van der Waals surface area contributed by atoms with Crippen molar-refractivity contribution in [3.63, 3.8) is 0 Å². The van der Waals surface area contributed by atoms with Crippen LogP contribution in [-0.4, -0.2) is 11.6 Å². The number of hydrogen-bond acceptors (Lipinski definition) is 2. The van der Waals surface area contributed by atoms with Gasteiger partial charge in [-0.2, -0.15) is 0 Å². The minimum atomic E-state index is -0.369. The van der Waals surface area contributed by atoms with Crippen molar-refractivity contribution >= 4 is 5.97 Å². The number of rotatable bonds is 1. The molecule has 2 saturated carbocycles. The van der Waals surface area contributed by atoms with E-state index in [2.05, 4.69) is 0 Å². The van der Waals surface area contributed by atoms with Crippen molar-refractivity contribution in [2.24, 2.45) is 11.8 Å². The summed E-state index contributed by atoms with van der Waals surface area (Å²) in [6.45, 7) is 5.72. The lowest BCUT2D eigenvalue weighted by molar-refractivity contribution is -0.148. The average molecular weight is 208 g/mol. The van der Waals surface area contributed by atoms with E-state index in [1.165, 1.54) is 24.8 Å². The third kappa shape index (κ3) is 2.83. The summed E-state index contributed by atoms with van der Waals surface area (Å²) >= 11 is 0. The maximum Gasteiger partial charge on any atom is 0.331 e. The molecule has 0 saturated heterocycles. The number of carbonyl (C=O) groups excluding carboxylic acids is 1. The summed E-state index contributed by atoms with van der Waals surface area (Å²) in [7, 11) is 0. The molecule has 0 aromatic carbocycles. The summed E-state index contributed by atoms with van der Waals surface area (Å²) in [5.41, 5.74) is 0.965. The second kappa shape index (κ2) is 3.66. The molecule has 2 aliphatic rings. The highest BCUT2D eigenvalue weighted by molar-refractivity contribution is 5.83. The normalized spacial score (nSPS) is 32.3. The van der Waals surface area contributed by atoms with Gasteiger partial charge in [0, 0.05) is 6.08 Å². The van der Waals surface area contributed by atoms with E-state index in [4.69, 9.17) is 4.74 Å². The van der Waals surface area contributed by atoms with Gasteiger partial charge in [-0.05, 0) is 58.3 Å². The smallest absolute Gasteiger partial charge is 0.331 e.